The Hall–Kier alpha value is -1.59. The van der Waals surface area contributed by atoms with Crippen molar-refractivity contribution in [2.24, 2.45) is 0 Å². The summed E-state index contributed by atoms with van der Waals surface area (Å²) in [4.78, 5) is 11.8. The van der Waals surface area contributed by atoms with Crippen LogP contribution >= 0.6 is 27.5 Å². The quantitative estimate of drug-likeness (QED) is 0.761. The van der Waals surface area contributed by atoms with Crippen LogP contribution in [0.2, 0.25) is 5.02 Å². The predicted molar refractivity (Wildman–Crippen MR) is 92.0 cm³/mol. The number of carbonyl (C=O) groups is 1. The van der Waals surface area contributed by atoms with E-state index in [0.29, 0.717) is 18.7 Å². The normalized spacial score (nSPS) is 10.4. The van der Waals surface area contributed by atoms with Gasteiger partial charge in [-0.1, -0.05) is 27.5 Å². The van der Waals surface area contributed by atoms with Crippen LogP contribution in [0.25, 0.3) is 0 Å². The van der Waals surface area contributed by atoms with Crippen molar-refractivity contribution in [2.75, 3.05) is 17.2 Å². The van der Waals surface area contributed by atoms with Crippen LogP contribution in [0.5, 0.6) is 0 Å². The van der Waals surface area contributed by atoms with E-state index in [2.05, 4.69) is 26.6 Å². The molecule has 3 nitrogen and oxygen atoms in total. The van der Waals surface area contributed by atoms with E-state index >= 15 is 0 Å². The number of benzene rings is 2. The number of hydrogen-bond acceptors (Lipinski definition) is 2. The van der Waals surface area contributed by atoms with Gasteiger partial charge in [0.2, 0.25) is 5.91 Å². The minimum absolute atomic E-state index is 0.0126. The highest BCUT2D eigenvalue weighted by Crippen LogP contribution is 2.21. The molecule has 0 spiro atoms. The highest BCUT2D eigenvalue weighted by Gasteiger charge is 2.06. The number of amides is 1. The molecule has 0 saturated carbocycles. The van der Waals surface area contributed by atoms with E-state index in [1.165, 1.54) is 18.2 Å². The number of nitrogens with one attached hydrogen (secondary N) is 2. The maximum Gasteiger partial charge on any atom is 0.226 e. The third-order valence-corrected chi connectivity index (χ3v) is 3.84. The topological polar surface area (TPSA) is 41.1 Å². The number of carbonyl (C=O) groups excluding carboxylic acids is 1. The lowest BCUT2D eigenvalue weighted by molar-refractivity contribution is -0.115. The van der Waals surface area contributed by atoms with E-state index in [1.807, 2.05) is 25.1 Å². The summed E-state index contributed by atoms with van der Waals surface area (Å²) in [7, 11) is 0. The fourth-order valence-electron chi connectivity index (χ4n) is 1.93. The van der Waals surface area contributed by atoms with E-state index < -0.39 is 5.82 Å². The lowest BCUT2D eigenvalue weighted by Crippen LogP contribution is -2.16. The molecule has 0 radical (unpaired) electrons. The summed E-state index contributed by atoms with van der Waals surface area (Å²) in [6.07, 6.45) is 0.296. The van der Waals surface area contributed by atoms with Crippen molar-refractivity contribution in [3.63, 3.8) is 0 Å². The summed E-state index contributed by atoms with van der Waals surface area (Å²) in [5.41, 5.74) is 2.57. The van der Waals surface area contributed by atoms with Crippen molar-refractivity contribution in [2.45, 2.75) is 13.3 Å². The molecule has 22 heavy (non-hydrogen) atoms. The Morgan fingerprint density at radius 1 is 1.27 bits per heavy atom. The Morgan fingerprint density at radius 2 is 2.05 bits per heavy atom. The van der Waals surface area contributed by atoms with Crippen molar-refractivity contribution in [1.82, 2.24) is 0 Å². The molecule has 0 aliphatic rings. The Morgan fingerprint density at radius 3 is 2.73 bits per heavy atom. The average Bonchev–Trinajstić information content (AvgIpc) is 2.45. The second-order valence-corrected chi connectivity index (χ2v) is 6.14. The van der Waals surface area contributed by atoms with Crippen molar-refractivity contribution in [3.05, 3.63) is 57.3 Å². The molecule has 0 atom stereocenters. The van der Waals surface area contributed by atoms with Gasteiger partial charge < -0.3 is 10.6 Å². The molecule has 116 valence electrons. The first-order valence-corrected chi connectivity index (χ1v) is 7.88. The highest BCUT2D eigenvalue weighted by molar-refractivity contribution is 9.10. The molecule has 1 amide bonds. The van der Waals surface area contributed by atoms with E-state index in [-0.39, 0.29) is 10.9 Å². The lowest BCUT2D eigenvalue weighted by Gasteiger charge is -2.10. The van der Waals surface area contributed by atoms with Crippen LogP contribution in [0.4, 0.5) is 15.8 Å². The number of hydrogen-bond donors (Lipinski definition) is 2. The second-order valence-electron chi connectivity index (χ2n) is 4.81. The minimum Gasteiger partial charge on any atom is -0.384 e. The molecule has 0 heterocycles. The van der Waals surface area contributed by atoms with Gasteiger partial charge in [0.15, 0.2) is 0 Å². The first-order chi connectivity index (χ1) is 10.5. The molecule has 0 aliphatic carbocycles. The van der Waals surface area contributed by atoms with Gasteiger partial charge in [-0.2, -0.15) is 0 Å². The van der Waals surface area contributed by atoms with Crippen molar-refractivity contribution < 1.29 is 9.18 Å². The van der Waals surface area contributed by atoms with Crippen molar-refractivity contribution in [1.29, 1.82) is 0 Å². The van der Waals surface area contributed by atoms with E-state index in [4.69, 9.17) is 11.6 Å². The number of rotatable bonds is 5. The standard InChI is InChI=1S/C16H15BrClFN2O/c1-10-8-11(17)2-5-15(10)20-7-6-16(22)21-12-3-4-14(19)13(18)9-12/h2-5,8-9,20H,6-7H2,1H3,(H,21,22). The maximum absolute atomic E-state index is 13.0. The third kappa shape index (κ3) is 4.71. The van der Waals surface area contributed by atoms with Crippen molar-refractivity contribution >= 4 is 44.8 Å². The summed E-state index contributed by atoms with van der Waals surface area (Å²) in [5, 5.41) is 5.88. The Balaban J connectivity index is 1.83. The van der Waals surface area contributed by atoms with Gasteiger partial charge in [0.05, 0.1) is 5.02 Å². The molecule has 0 aliphatic heterocycles. The molecule has 2 aromatic rings. The monoisotopic (exact) mass is 384 g/mol. The number of halogens is 3. The molecule has 2 aromatic carbocycles. The number of anilines is 2. The fraction of sp³-hybridized carbons (Fsp3) is 0.188. The Bertz CT molecular complexity index is 694. The first-order valence-electron chi connectivity index (χ1n) is 6.70. The summed E-state index contributed by atoms with van der Waals surface area (Å²) in [6.45, 7) is 2.50. The molecule has 0 fully saturated rings. The third-order valence-electron chi connectivity index (χ3n) is 3.06. The summed E-state index contributed by atoms with van der Waals surface area (Å²) in [6, 6.07) is 9.99. The molecular weight excluding hydrogens is 371 g/mol. The van der Waals surface area contributed by atoms with Crippen molar-refractivity contribution in [3.8, 4) is 0 Å². The summed E-state index contributed by atoms with van der Waals surface area (Å²) >= 11 is 9.08. The van der Waals surface area contributed by atoms with Gasteiger partial charge in [0, 0.05) is 28.8 Å². The minimum atomic E-state index is -0.507. The smallest absolute Gasteiger partial charge is 0.226 e. The molecule has 0 unspecified atom stereocenters. The first kappa shape index (κ1) is 16.8. The lowest BCUT2D eigenvalue weighted by atomic mass is 10.2. The van der Waals surface area contributed by atoms with Gasteiger partial charge in [0.25, 0.3) is 0 Å². The Labute approximate surface area is 142 Å². The SMILES string of the molecule is Cc1cc(Br)ccc1NCCC(=O)Nc1ccc(F)c(Cl)c1. The summed E-state index contributed by atoms with van der Waals surface area (Å²) < 4.78 is 14.0. The highest BCUT2D eigenvalue weighted by atomic mass is 79.9. The largest absolute Gasteiger partial charge is 0.384 e. The van der Waals surface area contributed by atoms with Gasteiger partial charge in [-0.25, -0.2) is 4.39 Å². The van der Waals surface area contributed by atoms with Crippen LogP contribution in [-0.2, 0) is 4.79 Å². The van der Waals surface area contributed by atoms with Crippen LogP contribution in [0, 0.1) is 12.7 Å². The fourth-order valence-corrected chi connectivity index (χ4v) is 2.59. The van der Waals surface area contributed by atoms with E-state index in [1.54, 1.807) is 0 Å². The van der Waals surface area contributed by atoms with Crippen LogP contribution in [-0.4, -0.2) is 12.5 Å². The molecule has 0 bridgehead atoms. The van der Waals surface area contributed by atoms with Gasteiger partial charge >= 0.3 is 0 Å². The maximum atomic E-state index is 13.0. The van der Waals surface area contributed by atoms with Gasteiger partial charge in [-0.3, -0.25) is 4.79 Å². The van der Waals surface area contributed by atoms with Gasteiger partial charge in [-0.15, -0.1) is 0 Å². The van der Waals surface area contributed by atoms with E-state index in [0.717, 1.165) is 15.7 Å². The molecule has 0 saturated heterocycles. The molecule has 2 rings (SSSR count). The average molecular weight is 386 g/mol. The van der Waals surface area contributed by atoms with Gasteiger partial charge in [-0.05, 0) is 48.9 Å². The van der Waals surface area contributed by atoms with E-state index in [9.17, 15) is 9.18 Å². The zero-order valence-corrected chi connectivity index (χ0v) is 14.3. The second kappa shape index (κ2) is 7.61. The molecule has 6 heteroatoms. The van der Waals surface area contributed by atoms with Crippen LogP contribution in [0.3, 0.4) is 0 Å². The van der Waals surface area contributed by atoms with Gasteiger partial charge in [0.1, 0.15) is 5.82 Å². The van der Waals surface area contributed by atoms with Crippen LogP contribution in [0.15, 0.2) is 40.9 Å². The predicted octanol–water partition coefficient (Wildman–Crippen LogP) is 4.99. The zero-order valence-electron chi connectivity index (χ0n) is 11.9. The van der Waals surface area contributed by atoms with Crippen LogP contribution < -0.4 is 10.6 Å². The van der Waals surface area contributed by atoms with Crippen LogP contribution in [0.1, 0.15) is 12.0 Å². The molecule has 0 aromatic heterocycles. The molecular formula is C16H15BrClFN2O. The Kier molecular flexibility index (Phi) is 5.80. The summed E-state index contributed by atoms with van der Waals surface area (Å²) in [5.74, 6) is -0.669. The molecule has 2 N–H and O–H groups in total. The number of aryl methyl sites for hydroxylation is 1. The zero-order chi connectivity index (χ0) is 16.1.